The molecule has 0 saturated heterocycles. The first-order chi connectivity index (χ1) is 17.5. The quantitative estimate of drug-likeness (QED) is 0.346. The van der Waals surface area contributed by atoms with Crippen LogP contribution in [0.4, 0.5) is 20.8 Å². The highest BCUT2D eigenvalue weighted by molar-refractivity contribution is 7.92. The van der Waals surface area contributed by atoms with Gasteiger partial charge in [-0.15, -0.1) is 0 Å². The van der Waals surface area contributed by atoms with Crippen molar-refractivity contribution in [2.75, 3.05) is 36.5 Å². The summed E-state index contributed by atoms with van der Waals surface area (Å²) in [5.74, 6) is -0.431. The number of alkyl carbamates (subject to hydrolysis) is 1. The third-order valence-electron chi connectivity index (χ3n) is 4.82. The van der Waals surface area contributed by atoms with Gasteiger partial charge in [0.25, 0.3) is 0 Å². The number of sulfonamides is 1. The van der Waals surface area contributed by atoms with Gasteiger partial charge < -0.3 is 15.4 Å². The third-order valence-corrected chi connectivity index (χ3v) is 5.41. The summed E-state index contributed by atoms with van der Waals surface area (Å²) in [7, 11) is -2.41. The molecule has 2 heterocycles. The van der Waals surface area contributed by atoms with Crippen LogP contribution in [0.5, 0.6) is 0 Å². The lowest BCUT2D eigenvalue weighted by atomic mass is 10.0. The number of hydrogen-bond acceptors (Lipinski definition) is 8. The molecule has 0 saturated carbocycles. The van der Waals surface area contributed by atoms with Crippen molar-refractivity contribution in [1.29, 1.82) is 0 Å². The molecule has 13 heteroatoms. The zero-order chi connectivity index (χ0) is 27.8. The Morgan fingerprint density at radius 3 is 2.51 bits per heavy atom. The van der Waals surface area contributed by atoms with Crippen LogP contribution in [0.1, 0.15) is 39.3 Å². The highest BCUT2D eigenvalue weighted by atomic mass is 32.2. The second-order valence-electron chi connectivity index (χ2n) is 8.12. The molecule has 1 aromatic carbocycles. The number of nitrogens with one attached hydrogen (secondary N) is 3. The van der Waals surface area contributed by atoms with Gasteiger partial charge in [-0.05, 0) is 44.5 Å². The van der Waals surface area contributed by atoms with Crippen molar-refractivity contribution in [2.24, 2.45) is 0 Å². The maximum Gasteiger partial charge on any atom is 0.406 e. The molecular formula is C24H34FN7O4S. The Hall–Kier alpha value is -3.74. The van der Waals surface area contributed by atoms with Crippen molar-refractivity contribution in [1.82, 2.24) is 25.1 Å². The predicted molar refractivity (Wildman–Crippen MR) is 142 cm³/mol. The van der Waals surface area contributed by atoms with Gasteiger partial charge in [-0.2, -0.15) is 5.10 Å². The summed E-state index contributed by atoms with van der Waals surface area (Å²) in [6.07, 6.45) is 3.73. The number of carbonyl (C=O) groups is 1. The molecule has 3 N–H and O–H groups in total. The Morgan fingerprint density at radius 2 is 1.89 bits per heavy atom. The molecule has 37 heavy (non-hydrogen) atoms. The topological polar surface area (TPSA) is 140 Å². The van der Waals surface area contributed by atoms with Gasteiger partial charge in [0, 0.05) is 42.7 Å². The van der Waals surface area contributed by atoms with E-state index in [4.69, 9.17) is 0 Å². The van der Waals surface area contributed by atoms with Crippen LogP contribution in [-0.2, 0) is 14.8 Å². The molecule has 0 aliphatic carbocycles. The summed E-state index contributed by atoms with van der Waals surface area (Å²) in [5.41, 5.74) is 1.99. The molecule has 1 amide bonds. The van der Waals surface area contributed by atoms with E-state index in [-0.39, 0.29) is 17.3 Å². The van der Waals surface area contributed by atoms with E-state index in [0.29, 0.717) is 41.6 Å². The number of anilines is 2. The minimum atomic E-state index is -3.69. The first-order valence-corrected chi connectivity index (χ1v) is 13.6. The summed E-state index contributed by atoms with van der Waals surface area (Å²) < 4.78 is 47.4. The van der Waals surface area contributed by atoms with Crippen LogP contribution >= 0.6 is 0 Å². The molecule has 11 nitrogen and oxygen atoms in total. The van der Waals surface area contributed by atoms with Crippen LogP contribution < -0.4 is 15.4 Å². The summed E-state index contributed by atoms with van der Waals surface area (Å²) in [6, 6.07) is 4.69. The van der Waals surface area contributed by atoms with Gasteiger partial charge in [0.05, 0.1) is 24.7 Å². The SMILES string of the molecule is CC.COC(=O)NCCNc1nccc(-c2cn(C(C)C)nc2-c2cc(C)cc(NS(C)(=O)=O)c2F)n1. The second kappa shape index (κ2) is 13.0. The van der Waals surface area contributed by atoms with Gasteiger partial charge in [0.15, 0.2) is 5.82 Å². The van der Waals surface area contributed by atoms with E-state index < -0.39 is 21.9 Å². The smallest absolute Gasteiger partial charge is 0.406 e. The van der Waals surface area contributed by atoms with Crippen LogP contribution in [0, 0.1) is 12.7 Å². The zero-order valence-corrected chi connectivity index (χ0v) is 22.9. The zero-order valence-electron chi connectivity index (χ0n) is 22.1. The van der Waals surface area contributed by atoms with Crippen molar-refractivity contribution < 1.29 is 22.3 Å². The number of carbonyl (C=O) groups excluding carboxylic acids is 1. The van der Waals surface area contributed by atoms with Crippen LogP contribution in [0.15, 0.2) is 30.6 Å². The summed E-state index contributed by atoms with van der Waals surface area (Å²) in [6.45, 7) is 10.3. The number of amides is 1. The summed E-state index contributed by atoms with van der Waals surface area (Å²) in [5, 5.41) is 10.1. The van der Waals surface area contributed by atoms with Crippen LogP contribution in [0.25, 0.3) is 22.5 Å². The number of rotatable bonds is 9. The van der Waals surface area contributed by atoms with Gasteiger partial charge in [-0.1, -0.05) is 13.8 Å². The number of benzene rings is 1. The molecule has 0 unspecified atom stereocenters. The Labute approximate surface area is 216 Å². The first-order valence-electron chi connectivity index (χ1n) is 11.7. The molecule has 0 radical (unpaired) electrons. The van der Waals surface area contributed by atoms with E-state index in [9.17, 15) is 13.2 Å². The summed E-state index contributed by atoms with van der Waals surface area (Å²) in [4.78, 5) is 19.9. The lowest BCUT2D eigenvalue weighted by Crippen LogP contribution is -2.28. The van der Waals surface area contributed by atoms with E-state index >= 15 is 4.39 Å². The maximum absolute atomic E-state index is 15.5. The lowest BCUT2D eigenvalue weighted by molar-refractivity contribution is 0.171. The number of aryl methyl sites for hydroxylation is 1. The highest BCUT2D eigenvalue weighted by Gasteiger charge is 2.22. The molecule has 0 bridgehead atoms. The molecule has 0 aliphatic rings. The minimum Gasteiger partial charge on any atom is -0.453 e. The number of halogens is 1. The number of nitrogens with zero attached hydrogens (tertiary/aromatic N) is 4. The van der Waals surface area contributed by atoms with E-state index in [1.54, 1.807) is 36.1 Å². The largest absolute Gasteiger partial charge is 0.453 e. The van der Waals surface area contributed by atoms with Crippen LogP contribution in [0.2, 0.25) is 0 Å². The Kier molecular flexibility index (Phi) is 10.4. The fraction of sp³-hybridized carbons (Fsp3) is 0.417. The summed E-state index contributed by atoms with van der Waals surface area (Å²) >= 11 is 0. The van der Waals surface area contributed by atoms with Crippen LogP contribution in [0.3, 0.4) is 0 Å². The Morgan fingerprint density at radius 1 is 1.19 bits per heavy atom. The minimum absolute atomic E-state index is 0.0205. The van der Waals surface area contributed by atoms with E-state index in [1.165, 1.54) is 13.2 Å². The van der Waals surface area contributed by atoms with E-state index in [0.717, 1.165) is 6.26 Å². The average Bonchev–Trinajstić information content (AvgIpc) is 3.30. The van der Waals surface area contributed by atoms with Crippen molar-refractivity contribution >= 4 is 27.8 Å². The molecule has 2 aromatic heterocycles. The highest BCUT2D eigenvalue weighted by Crippen LogP contribution is 2.36. The van der Waals surface area contributed by atoms with Crippen molar-refractivity contribution in [3.05, 3.63) is 42.0 Å². The number of methoxy groups -OCH3 is 1. The molecule has 0 atom stereocenters. The molecule has 0 spiro atoms. The fourth-order valence-electron chi connectivity index (χ4n) is 3.26. The number of hydrogen-bond donors (Lipinski definition) is 3. The maximum atomic E-state index is 15.5. The molecule has 3 rings (SSSR count). The normalized spacial score (nSPS) is 10.9. The first kappa shape index (κ1) is 29.5. The van der Waals surface area contributed by atoms with Crippen molar-refractivity contribution in [3.63, 3.8) is 0 Å². The predicted octanol–water partition coefficient (Wildman–Crippen LogP) is 4.20. The average molecular weight is 536 g/mol. The molecule has 0 aliphatic heterocycles. The van der Waals surface area contributed by atoms with Crippen molar-refractivity contribution in [2.45, 2.75) is 40.7 Å². The third kappa shape index (κ3) is 8.13. The Bertz CT molecular complexity index is 1330. The number of aromatic nitrogens is 4. The van der Waals surface area contributed by atoms with Crippen LogP contribution in [-0.4, -0.2) is 60.7 Å². The lowest BCUT2D eigenvalue weighted by Gasteiger charge is -2.12. The van der Waals surface area contributed by atoms with E-state index in [2.05, 4.69) is 35.2 Å². The van der Waals surface area contributed by atoms with Gasteiger partial charge in [-0.25, -0.2) is 27.6 Å². The fourth-order valence-corrected chi connectivity index (χ4v) is 3.81. The molecule has 202 valence electrons. The van der Waals surface area contributed by atoms with Gasteiger partial charge in [0.1, 0.15) is 5.69 Å². The molecular weight excluding hydrogens is 501 g/mol. The van der Waals surface area contributed by atoms with Gasteiger partial charge >= 0.3 is 6.09 Å². The monoisotopic (exact) mass is 535 g/mol. The second-order valence-corrected chi connectivity index (χ2v) is 9.87. The molecule has 0 fully saturated rings. The van der Waals surface area contributed by atoms with Gasteiger partial charge in [-0.3, -0.25) is 9.40 Å². The number of ether oxygens (including phenoxy) is 1. The Balaban J connectivity index is 0.00000235. The van der Waals surface area contributed by atoms with Gasteiger partial charge in [0.2, 0.25) is 16.0 Å². The van der Waals surface area contributed by atoms with E-state index in [1.807, 2.05) is 27.7 Å². The standard InChI is InChI=1S/C22H28FN7O4S.C2H6/c1-13(2)30-12-16(17-6-7-24-21(27-17)25-8-9-26-22(31)34-4)20(28-30)15-10-14(3)11-18(19(15)23)29-35(5,32)33;1-2/h6-7,10-13,29H,8-9H2,1-5H3,(H,26,31)(H,24,25,27);1-2H3. The molecule has 3 aromatic rings. The van der Waals surface area contributed by atoms with Crippen molar-refractivity contribution in [3.8, 4) is 22.5 Å².